The van der Waals surface area contributed by atoms with Crippen LogP contribution in [0.25, 0.3) is 0 Å². The molecule has 1 aromatic heterocycles. The van der Waals surface area contributed by atoms with Gasteiger partial charge >= 0.3 is 6.01 Å². The van der Waals surface area contributed by atoms with Gasteiger partial charge in [0.1, 0.15) is 6.33 Å². The Morgan fingerprint density at radius 1 is 1.31 bits per heavy atom. The van der Waals surface area contributed by atoms with Crippen molar-refractivity contribution in [1.82, 2.24) is 14.8 Å². The monoisotopic (exact) mass is 258 g/mol. The summed E-state index contributed by atoms with van der Waals surface area (Å²) in [5.74, 6) is 0.376. The number of aromatic nitrogens is 3. The summed E-state index contributed by atoms with van der Waals surface area (Å²) >= 11 is 11.6. The number of halogens is 2. The van der Waals surface area contributed by atoms with Crippen LogP contribution in [0.15, 0.2) is 18.5 Å². The molecule has 0 saturated heterocycles. The molecule has 0 bridgehead atoms. The van der Waals surface area contributed by atoms with E-state index in [0.717, 1.165) is 0 Å². The van der Waals surface area contributed by atoms with E-state index in [-0.39, 0.29) is 6.01 Å². The van der Waals surface area contributed by atoms with Crippen molar-refractivity contribution >= 4 is 28.9 Å². The van der Waals surface area contributed by atoms with E-state index in [0.29, 0.717) is 21.5 Å². The molecular weight excluding hydrogens is 251 g/mol. The number of anilines is 1. The molecule has 2 aromatic rings. The molecule has 0 aliphatic heterocycles. The summed E-state index contributed by atoms with van der Waals surface area (Å²) in [4.78, 5) is 3.90. The molecule has 0 unspecified atom stereocenters. The fourth-order valence-electron chi connectivity index (χ4n) is 1.10. The maximum absolute atomic E-state index is 5.84. The van der Waals surface area contributed by atoms with Crippen LogP contribution in [0.4, 0.5) is 5.69 Å². The van der Waals surface area contributed by atoms with Crippen LogP contribution < -0.4 is 10.5 Å². The molecule has 0 saturated carbocycles. The van der Waals surface area contributed by atoms with Gasteiger partial charge < -0.3 is 10.5 Å². The fraction of sp³-hybridized carbons (Fsp3) is 0.111. The van der Waals surface area contributed by atoms with Crippen molar-refractivity contribution in [2.24, 2.45) is 7.05 Å². The van der Waals surface area contributed by atoms with Crippen LogP contribution in [0, 0.1) is 0 Å². The van der Waals surface area contributed by atoms with Crippen molar-refractivity contribution in [2.45, 2.75) is 0 Å². The molecule has 84 valence electrons. The molecule has 0 atom stereocenters. The molecule has 0 spiro atoms. The second kappa shape index (κ2) is 4.19. The van der Waals surface area contributed by atoms with Crippen molar-refractivity contribution in [3.63, 3.8) is 0 Å². The summed E-state index contributed by atoms with van der Waals surface area (Å²) in [6, 6.07) is 3.24. The lowest BCUT2D eigenvalue weighted by Gasteiger charge is -2.06. The molecule has 16 heavy (non-hydrogen) atoms. The molecule has 0 fully saturated rings. The quantitative estimate of drug-likeness (QED) is 0.841. The molecule has 1 aromatic carbocycles. The predicted molar refractivity (Wildman–Crippen MR) is 62.0 cm³/mol. The van der Waals surface area contributed by atoms with E-state index in [1.807, 2.05) is 0 Å². The third-order valence-corrected chi connectivity index (χ3v) is 2.55. The van der Waals surface area contributed by atoms with Gasteiger partial charge in [0, 0.05) is 13.1 Å². The highest BCUT2D eigenvalue weighted by Gasteiger charge is 2.09. The summed E-state index contributed by atoms with van der Waals surface area (Å²) in [7, 11) is 1.73. The lowest BCUT2D eigenvalue weighted by atomic mass is 10.3. The van der Waals surface area contributed by atoms with Crippen LogP contribution in [0.3, 0.4) is 0 Å². The van der Waals surface area contributed by atoms with Crippen molar-refractivity contribution < 1.29 is 4.74 Å². The largest absolute Gasteiger partial charge is 0.421 e. The maximum atomic E-state index is 5.84. The zero-order valence-corrected chi connectivity index (χ0v) is 9.83. The summed E-state index contributed by atoms with van der Waals surface area (Å²) in [5.41, 5.74) is 6.09. The maximum Gasteiger partial charge on any atom is 0.341 e. The molecular formula is C9H8Cl2N4O. The minimum atomic E-state index is 0.201. The molecule has 2 N–H and O–H groups in total. The number of hydrogen-bond acceptors (Lipinski definition) is 4. The number of nitrogens with zero attached hydrogens (tertiary/aromatic N) is 3. The first kappa shape index (κ1) is 11.0. The number of nitrogen functional groups attached to an aromatic ring is 1. The number of aryl methyl sites for hydroxylation is 1. The van der Waals surface area contributed by atoms with Crippen LogP contribution in [0.5, 0.6) is 11.8 Å². The van der Waals surface area contributed by atoms with Crippen LogP contribution >= 0.6 is 23.2 Å². The molecule has 0 amide bonds. The van der Waals surface area contributed by atoms with Crippen LogP contribution in [0.2, 0.25) is 10.0 Å². The highest BCUT2D eigenvalue weighted by atomic mass is 35.5. The zero-order valence-electron chi connectivity index (χ0n) is 8.32. The fourth-order valence-corrected chi connectivity index (χ4v) is 1.42. The molecule has 2 rings (SSSR count). The van der Waals surface area contributed by atoms with Crippen molar-refractivity contribution in [2.75, 3.05) is 5.73 Å². The van der Waals surface area contributed by atoms with Gasteiger partial charge in [-0.2, -0.15) is 4.98 Å². The number of ether oxygens (including phenoxy) is 1. The second-order valence-corrected chi connectivity index (χ2v) is 3.92. The van der Waals surface area contributed by atoms with E-state index in [9.17, 15) is 0 Å². The third kappa shape index (κ3) is 2.20. The first-order valence-electron chi connectivity index (χ1n) is 4.34. The van der Waals surface area contributed by atoms with Crippen LogP contribution in [0.1, 0.15) is 0 Å². The standard InChI is InChI=1S/C9H8Cl2N4O/c1-15-4-13-9(14-15)16-8-3-6(11)5(10)2-7(8)12/h2-4H,12H2,1H3. The van der Waals surface area contributed by atoms with Gasteiger partial charge in [-0.05, 0) is 6.07 Å². The van der Waals surface area contributed by atoms with Gasteiger partial charge in [0.2, 0.25) is 0 Å². The predicted octanol–water partition coefficient (Wildman–Crippen LogP) is 2.50. The van der Waals surface area contributed by atoms with Crippen molar-refractivity contribution in [1.29, 1.82) is 0 Å². The van der Waals surface area contributed by atoms with Crippen molar-refractivity contribution in [3.05, 3.63) is 28.5 Å². The molecule has 0 aliphatic rings. The van der Waals surface area contributed by atoms with E-state index in [2.05, 4.69) is 10.1 Å². The molecule has 1 heterocycles. The number of hydrogen-bond donors (Lipinski definition) is 1. The Morgan fingerprint density at radius 2 is 2.00 bits per heavy atom. The average Bonchev–Trinajstić information content (AvgIpc) is 2.60. The number of rotatable bonds is 2. The van der Waals surface area contributed by atoms with Gasteiger partial charge in [0.15, 0.2) is 5.75 Å². The van der Waals surface area contributed by atoms with E-state index >= 15 is 0 Å². The summed E-state index contributed by atoms with van der Waals surface area (Å²) in [5, 5.41) is 4.69. The Morgan fingerprint density at radius 3 is 2.62 bits per heavy atom. The minimum absolute atomic E-state index is 0.201. The third-order valence-electron chi connectivity index (χ3n) is 1.83. The SMILES string of the molecule is Cn1cnc(Oc2cc(Cl)c(Cl)cc2N)n1. The Labute approximate surface area is 102 Å². The van der Waals surface area contributed by atoms with E-state index in [4.69, 9.17) is 33.7 Å². The van der Waals surface area contributed by atoms with E-state index in [1.165, 1.54) is 23.1 Å². The Bertz CT molecular complexity index is 526. The Balaban J connectivity index is 2.31. The van der Waals surface area contributed by atoms with Gasteiger partial charge in [0.25, 0.3) is 0 Å². The topological polar surface area (TPSA) is 66.0 Å². The first-order chi connectivity index (χ1) is 7.56. The number of benzene rings is 1. The molecule has 5 nitrogen and oxygen atoms in total. The van der Waals surface area contributed by atoms with Gasteiger partial charge in [-0.1, -0.05) is 23.2 Å². The van der Waals surface area contributed by atoms with Crippen LogP contribution in [-0.4, -0.2) is 14.8 Å². The van der Waals surface area contributed by atoms with E-state index < -0.39 is 0 Å². The lowest BCUT2D eigenvalue weighted by molar-refractivity contribution is 0.441. The minimum Gasteiger partial charge on any atom is -0.421 e. The smallest absolute Gasteiger partial charge is 0.341 e. The van der Waals surface area contributed by atoms with Crippen LogP contribution in [-0.2, 0) is 7.05 Å². The van der Waals surface area contributed by atoms with Gasteiger partial charge in [-0.15, -0.1) is 5.10 Å². The van der Waals surface area contributed by atoms with Crippen molar-refractivity contribution in [3.8, 4) is 11.8 Å². The van der Waals surface area contributed by atoms with Gasteiger partial charge in [-0.3, -0.25) is 4.68 Å². The van der Waals surface area contributed by atoms with E-state index in [1.54, 1.807) is 7.05 Å². The highest BCUT2D eigenvalue weighted by Crippen LogP contribution is 2.33. The van der Waals surface area contributed by atoms with Gasteiger partial charge in [-0.25, -0.2) is 0 Å². The summed E-state index contributed by atoms with van der Waals surface area (Å²) < 4.78 is 6.87. The molecule has 0 aliphatic carbocycles. The zero-order chi connectivity index (χ0) is 11.7. The average molecular weight is 259 g/mol. The summed E-state index contributed by atoms with van der Waals surface area (Å²) in [6.45, 7) is 0. The lowest BCUT2D eigenvalue weighted by Crippen LogP contribution is -1.94. The second-order valence-electron chi connectivity index (χ2n) is 3.11. The highest BCUT2D eigenvalue weighted by molar-refractivity contribution is 6.42. The van der Waals surface area contributed by atoms with Gasteiger partial charge in [0.05, 0.1) is 15.7 Å². The molecule has 7 heteroatoms. The number of nitrogens with two attached hydrogens (primary N) is 1. The first-order valence-corrected chi connectivity index (χ1v) is 5.10. The summed E-state index contributed by atoms with van der Waals surface area (Å²) in [6.07, 6.45) is 1.52. The Kier molecular flexibility index (Phi) is 2.89. The normalized spacial score (nSPS) is 10.4. The Hall–Kier alpha value is -1.46. The molecule has 0 radical (unpaired) electrons.